The van der Waals surface area contributed by atoms with Crippen LogP contribution in [0.25, 0.3) is 0 Å². The van der Waals surface area contributed by atoms with E-state index in [4.69, 9.17) is 4.74 Å². The molecule has 2 heterocycles. The second-order valence-electron chi connectivity index (χ2n) is 10.9. The molecule has 0 spiro atoms. The normalized spacial score (nSPS) is 20.9. The Morgan fingerprint density at radius 1 is 1.02 bits per heavy atom. The maximum atomic E-state index is 14.3. The molecule has 228 valence electrons. The third kappa shape index (κ3) is 6.69. The van der Waals surface area contributed by atoms with Gasteiger partial charge in [-0.25, -0.2) is 0 Å². The number of hydrogen-bond donors (Lipinski definition) is 2. The first kappa shape index (κ1) is 30.5. The quantitative estimate of drug-likeness (QED) is 0.385. The van der Waals surface area contributed by atoms with Gasteiger partial charge in [0.25, 0.3) is 5.91 Å². The van der Waals surface area contributed by atoms with Crippen molar-refractivity contribution >= 4 is 11.8 Å². The molecule has 1 saturated heterocycles. The summed E-state index contributed by atoms with van der Waals surface area (Å²) in [5.41, 5.74) is 1.67. The molecule has 2 aliphatic heterocycles. The fraction of sp³-hybridized carbons (Fsp3) is 0.375. The highest BCUT2D eigenvalue weighted by Crippen LogP contribution is 2.48. The molecule has 0 aromatic heterocycles. The summed E-state index contributed by atoms with van der Waals surface area (Å²) in [5.74, 6) is -0.927. The first-order valence-corrected chi connectivity index (χ1v) is 14.1. The fourth-order valence-corrected chi connectivity index (χ4v) is 5.91. The van der Waals surface area contributed by atoms with Gasteiger partial charge in [0.2, 0.25) is 5.91 Å². The summed E-state index contributed by atoms with van der Waals surface area (Å²) in [5, 5.41) is 12.7. The lowest BCUT2D eigenvalue weighted by molar-refractivity contribution is -0.274. The van der Waals surface area contributed by atoms with Crippen LogP contribution in [0.15, 0.2) is 72.8 Å². The zero-order valence-electron chi connectivity index (χ0n) is 23.8. The number of benzene rings is 3. The zero-order chi connectivity index (χ0) is 30.6. The van der Waals surface area contributed by atoms with E-state index in [1.54, 1.807) is 53.4 Å². The number of nitrogens with zero attached hydrogens (tertiary/aromatic N) is 2. The van der Waals surface area contributed by atoms with E-state index in [1.807, 2.05) is 6.92 Å². The number of amides is 2. The number of ether oxygens (including phenoxy) is 2. The number of rotatable bonds is 9. The van der Waals surface area contributed by atoms with E-state index in [2.05, 4.69) is 15.0 Å². The Kier molecular flexibility index (Phi) is 9.05. The van der Waals surface area contributed by atoms with Crippen LogP contribution in [0.4, 0.5) is 13.2 Å². The molecule has 0 aliphatic carbocycles. The van der Waals surface area contributed by atoms with Crippen molar-refractivity contribution in [3.63, 3.8) is 0 Å². The van der Waals surface area contributed by atoms with Crippen LogP contribution < -0.4 is 10.1 Å². The molecule has 0 radical (unpaired) electrons. The maximum Gasteiger partial charge on any atom is 0.573 e. The van der Waals surface area contributed by atoms with Gasteiger partial charge in [0.15, 0.2) is 0 Å². The van der Waals surface area contributed by atoms with Gasteiger partial charge in [-0.2, -0.15) is 0 Å². The number of aliphatic hydroxyl groups excluding tert-OH is 1. The molecule has 0 saturated carbocycles. The molecular formula is C32H34F3N3O5. The molecule has 2 N–H and O–H groups in total. The Morgan fingerprint density at radius 2 is 1.67 bits per heavy atom. The topological polar surface area (TPSA) is 91.3 Å². The first-order valence-electron chi connectivity index (χ1n) is 14.1. The number of nitrogens with one attached hydrogen (secondary N) is 1. The Morgan fingerprint density at radius 3 is 2.33 bits per heavy atom. The third-order valence-electron chi connectivity index (χ3n) is 8.11. The Labute approximate surface area is 248 Å². The van der Waals surface area contributed by atoms with Crippen molar-refractivity contribution in [2.75, 3.05) is 39.4 Å². The van der Waals surface area contributed by atoms with Gasteiger partial charge in [-0.1, -0.05) is 54.6 Å². The van der Waals surface area contributed by atoms with Crippen molar-refractivity contribution < 1.29 is 37.3 Å². The summed E-state index contributed by atoms with van der Waals surface area (Å²) in [6, 6.07) is 18.7. The average Bonchev–Trinajstić information content (AvgIpc) is 3.00. The molecular weight excluding hydrogens is 563 g/mol. The minimum absolute atomic E-state index is 0.0303. The molecule has 2 amide bonds. The van der Waals surface area contributed by atoms with Gasteiger partial charge in [-0.05, 0) is 47.4 Å². The third-order valence-corrected chi connectivity index (χ3v) is 8.11. The van der Waals surface area contributed by atoms with Crippen molar-refractivity contribution in [1.29, 1.82) is 0 Å². The lowest BCUT2D eigenvalue weighted by Gasteiger charge is -2.48. The summed E-state index contributed by atoms with van der Waals surface area (Å²) in [6.45, 7) is 5.59. The van der Waals surface area contributed by atoms with Crippen LogP contribution in [-0.4, -0.2) is 72.5 Å². The molecule has 2 aliphatic rings. The monoisotopic (exact) mass is 597 g/mol. The Bertz CT molecular complexity index is 1430. The summed E-state index contributed by atoms with van der Waals surface area (Å²) in [4.78, 5) is 32.1. The number of morpholine rings is 1. The molecule has 5 rings (SSSR count). The van der Waals surface area contributed by atoms with Gasteiger partial charge in [-0.15, -0.1) is 13.2 Å². The molecule has 2 atom stereocenters. The van der Waals surface area contributed by atoms with Gasteiger partial charge in [0.05, 0.1) is 31.3 Å². The first-order chi connectivity index (χ1) is 20.6. The van der Waals surface area contributed by atoms with Gasteiger partial charge in [0.1, 0.15) is 5.75 Å². The average molecular weight is 598 g/mol. The van der Waals surface area contributed by atoms with E-state index < -0.39 is 17.8 Å². The van der Waals surface area contributed by atoms with E-state index >= 15 is 0 Å². The van der Waals surface area contributed by atoms with Crippen LogP contribution in [0.2, 0.25) is 0 Å². The van der Waals surface area contributed by atoms with Crippen LogP contribution in [0.1, 0.15) is 45.6 Å². The highest BCUT2D eigenvalue weighted by atomic mass is 19.4. The predicted molar refractivity (Wildman–Crippen MR) is 152 cm³/mol. The summed E-state index contributed by atoms with van der Waals surface area (Å²) in [6.07, 6.45) is -4.82. The van der Waals surface area contributed by atoms with Crippen molar-refractivity contribution in [2.45, 2.75) is 37.9 Å². The van der Waals surface area contributed by atoms with E-state index in [0.717, 1.165) is 13.1 Å². The smallest absolute Gasteiger partial charge is 0.406 e. The van der Waals surface area contributed by atoms with Crippen LogP contribution in [0, 0.1) is 0 Å². The van der Waals surface area contributed by atoms with E-state index in [1.165, 1.54) is 24.3 Å². The van der Waals surface area contributed by atoms with Gasteiger partial charge in [-0.3, -0.25) is 14.5 Å². The van der Waals surface area contributed by atoms with Gasteiger partial charge in [0, 0.05) is 38.3 Å². The van der Waals surface area contributed by atoms with Crippen LogP contribution >= 0.6 is 0 Å². The molecule has 0 bridgehead atoms. The molecule has 1 fully saturated rings. The van der Waals surface area contributed by atoms with Crippen molar-refractivity contribution in [1.82, 2.24) is 15.1 Å². The molecule has 0 unspecified atom stereocenters. The second-order valence-corrected chi connectivity index (χ2v) is 10.9. The molecule has 43 heavy (non-hydrogen) atoms. The summed E-state index contributed by atoms with van der Waals surface area (Å²) < 4.78 is 47.6. The minimum Gasteiger partial charge on any atom is -0.406 e. The number of halogens is 3. The lowest BCUT2D eigenvalue weighted by Crippen LogP contribution is -2.57. The van der Waals surface area contributed by atoms with E-state index in [0.29, 0.717) is 54.1 Å². The van der Waals surface area contributed by atoms with Gasteiger partial charge >= 0.3 is 6.36 Å². The predicted octanol–water partition coefficient (Wildman–Crippen LogP) is 4.18. The Balaban J connectivity index is 1.52. The SMILES string of the molecule is C[C@]1(C(=O)NCCN2CCOCC2)c2ccccc2C(=O)N(Cc2ccc(OC(F)(F)F)cc2)[C@H]1c1ccc(CO)cc1. The largest absolute Gasteiger partial charge is 0.573 e. The Hall–Kier alpha value is -3.93. The number of alkyl halides is 3. The van der Waals surface area contributed by atoms with Crippen molar-refractivity contribution in [3.8, 4) is 5.75 Å². The molecule has 8 nitrogen and oxygen atoms in total. The zero-order valence-corrected chi connectivity index (χ0v) is 23.8. The minimum atomic E-state index is -4.82. The van der Waals surface area contributed by atoms with Crippen molar-refractivity contribution in [2.24, 2.45) is 0 Å². The molecule has 3 aromatic carbocycles. The van der Waals surface area contributed by atoms with Crippen LogP contribution in [0.3, 0.4) is 0 Å². The van der Waals surface area contributed by atoms with Crippen molar-refractivity contribution in [3.05, 3.63) is 101 Å². The summed E-state index contributed by atoms with van der Waals surface area (Å²) in [7, 11) is 0. The number of carbonyl (C=O) groups is 2. The van der Waals surface area contributed by atoms with Crippen LogP contribution in [-0.2, 0) is 28.1 Å². The van der Waals surface area contributed by atoms with Gasteiger partial charge < -0.3 is 24.8 Å². The van der Waals surface area contributed by atoms with E-state index in [-0.39, 0.29) is 30.7 Å². The van der Waals surface area contributed by atoms with Crippen LogP contribution in [0.5, 0.6) is 5.75 Å². The standard InChI is InChI=1S/C32H34F3N3O5/c1-31(30(41)36-14-15-37-16-18-42-19-17-37)27-5-3-2-4-26(27)29(40)38(28(31)24-10-6-23(21-39)7-11-24)20-22-8-12-25(13-9-22)43-32(33,34)35/h2-13,28,39H,14-21H2,1H3,(H,36,41)/t28-,31-/m0/s1. The lowest BCUT2D eigenvalue weighted by atomic mass is 9.67. The number of fused-ring (bicyclic) bond motifs is 1. The maximum absolute atomic E-state index is 14.3. The molecule has 11 heteroatoms. The number of hydrogen-bond acceptors (Lipinski definition) is 6. The number of carbonyl (C=O) groups excluding carboxylic acids is 2. The van der Waals surface area contributed by atoms with E-state index in [9.17, 15) is 27.9 Å². The highest BCUT2D eigenvalue weighted by molar-refractivity contribution is 6.03. The highest BCUT2D eigenvalue weighted by Gasteiger charge is 2.53. The number of aliphatic hydroxyl groups is 1. The summed E-state index contributed by atoms with van der Waals surface area (Å²) >= 11 is 0. The fourth-order valence-electron chi connectivity index (χ4n) is 5.91. The second kappa shape index (κ2) is 12.7. The molecule has 3 aromatic rings.